The minimum Gasteiger partial charge on any atom is -0.404 e. The van der Waals surface area contributed by atoms with Gasteiger partial charge in [0.15, 0.2) is 0 Å². The number of rotatable bonds is 1. The van der Waals surface area contributed by atoms with Gasteiger partial charge in [-0.05, 0) is 24.3 Å². The summed E-state index contributed by atoms with van der Waals surface area (Å²) in [7, 11) is -4.10. The molecule has 1 aliphatic heterocycles. The fourth-order valence-electron chi connectivity index (χ4n) is 1.88. The Morgan fingerprint density at radius 3 is 2.80 bits per heavy atom. The van der Waals surface area contributed by atoms with E-state index < -0.39 is 19.1 Å². The van der Waals surface area contributed by atoms with Crippen molar-refractivity contribution >= 4 is 24.5 Å². The third-order valence-electron chi connectivity index (χ3n) is 2.74. The highest BCUT2D eigenvalue weighted by Crippen LogP contribution is 2.50. The molecule has 0 amide bonds. The smallest absolute Gasteiger partial charge is 0.404 e. The van der Waals surface area contributed by atoms with Gasteiger partial charge >= 0.3 is 13.5 Å². The number of aromatic nitrogens is 2. The molecule has 1 aromatic carbocycles. The van der Waals surface area contributed by atoms with Crippen molar-refractivity contribution in [3.8, 4) is 0 Å². The van der Waals surface area contributed by atoms with Gasteiger partial charge in [-0.2, -0.15) is 0 Å². The van der Waals surface area contributed by atoms with Crippen LogP contribution in [0.1, 0.15) is 5.56 Å². The number of hydrogen-bond donors (Lipinski definition) is 3. The zero-order chi connectivity index (χ0) is 14.3. The van der Waals surface area contributed by atoms with E-state index in [1.165, 1.54) is 18.2 Å². The maximum atomic E-state index is 11.7. The summed E-state index contributed by atoms with van der Waals surface area (Å²) in [5.41, 5.74) is -0.350. The highest BCUT2D eigenvalue weighted by molar-refractivity contribution is 7.47. The number of fused-ring (bicyclic) bond motifs is 1. The first-order valence-corrected chi connectivity index (χ1v) is 7.08. The number of hydrogen-bond acceptors (Lipinski definition) is 5. The lowest BCUT2D eigenvalue weighted by molar-refractivity contribution is 0.199. The van der Waals surface area contributed by atoms with Crippen molar-refractivity contribution in [1.29, 1.82) is 0 Å². The van der Waals surface area contributed by atoms with Crippen LogP contribution in [0, 0.1) is 0 Å². The predicted octanol–water partition coefficient (Wildman–Crippen LogP) is 0.704. The van der Waals surface area contributed by atoms with Gasteiger partial charge < -0.3 is 9.51 Å². The highest BCUT2D eigenvalue weighted by atomic mass is 31.2. The molecule has 0 bridgehead atoms. The van der Waals surface area contributed by atoms with E-state index in [1.807, 2.05) is 0 Å². The van der Waals surface area contributed by atoms with E-state index in [0.29, 0.717) is 11.1 Å². The summed E-state index contributed by atoms with van der Waals surface area (Å²) in [6.07, 6.45) is 1.48. The van der Waals surface area contributed by atoms with E-state index >= 15 is 0 Å². The predicted molar refractivity (Wildman–Crippen MR) is 70.0 cm³/mol. The van der Waals surface area contributed by atoms with Crippen LogP contribution in [-0.2, 0) is 13.6 Å². The van der Waals surface area contributed by atoms with E-state index in [0.717, 1.165) is 0 Å². The molecule has 104 valence electrons. The van der Waals surface area contributed by atoms with Crippen LogP contribution in [0.5, 0.6) is 0 Å². The molecule has 9 heteroatoms. The van der Waals surface area contributed by atoms with E-state index in [4.69, 9.17) is 4.52 Å². The average Bonchev–Trinajstić information content (AvgIpc) is 2.37. The first-order chi connectivity index (χ1) is 9.44. The fraction of sp³-hybridized carbons (Fsp3) is 0.0909. The van der Waals surface area contributed by atoms with E-state index in [-0.39, 0.29) is 17.8 Å². The summed E-state index contributed by atoms with van der Waals surface area (Å²) in [6, 6.07) is 4.54. The molecule has 0 radical (unpaired) electrons. The van der Waals surface area contributed by atoms with Crippen LogP contribution >= 0.6 is 7.82 Å². The molecule has 1 aliphatic rings. The fourth-order valence-corrected chi connectivity index (χ4v) is 2.63. The van der Waals surface area contributed by atoms with Gasteiger partial charge in [-0.1, -0.05) is 0 Å². The van der Waals surface area contributed by atoms with Crippen LogP contribution in [0.3, 0.4) is 0 Å². The summed E-state index contributed by atoms with van der Waals surface area (Å²) >= 11 is 0. The van der Waals surface area contributed by atoms with Gasteiger partial charge in [-0.3, -0.25) is 19.2 Å². The minimum absolute atomic E-state index is 0.0663. The molecule has 0 aliphatic carbocycles. The van der Waals surface area contributed by atoms with Crippen LogP contribution in [0.25, 0.3) is 16.7 Å². The van der Waals surface area contributed by atoms with Gasteiger partial charge in [-0.25, -0.2) is 9.36 Å². The molecular formula is C11H9N2O6P. The Bertz CT molecular complexity index is 880. The summed E-state index contributed by atoms with van der Waals surface area (Å²) in [6.45, 7) is -0.0663. The van der Waals surface area contributed by atoms with Gasteiger partial charge in [0.2, 0.25) is 0 Å². The second-order valence-electron chi connectivity index (χ2n) is 4.09. The number of H-pyrrole nitrogens is 2. The topological polar surface area (TPSA) is 121 Å². The maximum Gasteiger partial charge on any atom is 0.527 e. The van der Waals surface area contributed by atoms with Crippen molar-refractivity contribution in [2.45, 2.75) is 0 Å². The molecule has 1 aromatic heterocycles. The third-order valence-corrected chi connectivity index (χ3v) is 3.65. The van der Waals surface area contributed by atoms with Crippen molar-refractivity contribution in [3.63, 3.8) is 0 Å². The van der Waals surface area contributed by atoms with Gasteiger partial charge in [0.05, 0.1) is 17.5 Å². The van der Waals surface area contributed by atoms with Gasteiger partial charge in [0.25, 0.3) is 5.56 Å². The molecule has 1 atom stereocenters. The molecule has 2 aromatic rings. The van der Waals surface area contributed by atoms with E-state index in [2.05, 4.69) is 14.5 Å². The largest absolute Gasteiger partial charge is 0.527 e. The molecule has 0 fully saturated rings. The lowest BCUT2D eigenvalue weighted by atomic mass is 10.1. The Balaban J connectivity index is 2.15. The van der Waals surface area contributed by atoms with Gasteiger partial charge in [0.1, 0.15) is 5.76 Å². The standard InChI is InChI=1S/C11H9N2O6P/c14-10-7-5-6(1-2-8(7)12-11(15)13-10)9-3-4-18-20(16,17)19-9/h1-3,5H,4H2,(H,16,17)(H2,12,13,14,15). The normalized spacial score (nSPS) is 22.4. The van der Waals surface area contributed by atoms with Crippen molar-refractivity contribution in [2.24, 2.45) is 0 Å². The van der Waals surface area contributed by atoms with Crippen molar-refractivity contribution in [1.82, 2.24) is 9.97 Å². The second-order valence-corrected chi connectivity index (χ2v) is 5.47. The van der Waals surface area contributed by atoms with Crippen LogP contribution in [0.2, 0.25) is 0 Å². The number of nitrogens with one attached hydrogen (secondary N) is 2. The Kier molecular flexibility index (Phi) is 2.86. The van der Waals surface area contributed by atoms with Gasteiger partial charge in [0, 0.05) is 5.56 Å². The Morgan fingerprint density at radius 2 is 2.05 bits per heavy atom. The molecule has 0 spiro atoms. The number of benzene rings is 1. The first kappa shape index (κ1) is 12.9. The van der Waals surface area contributed by atoms with E-state index in [9.17, 15) is 19.0 Å². The molecular weight excluding hydrogens is 287 g/mol. The van der Waals surface area contributed by atoms with Crippen LogP contribution in [0.4, 0.5) is 0 Å². The number of aromatic amines is 2. The highest BCUT2D eigenvalue weighted by Gasteiger charge is 2.28. The molecule has 0 saturated heterocycles. The zero-order valence-corrected chi connectivity index (χ0v) is 10.8. The Labute approximate surface area is 111 Å². The molecule has 3 rings (SSSR count). The summed E-state index contributed by atoms with van der Waals surface area (Å²) in [4.78, 5) is 36.7. The third kappa shape index (κ3) is 2.32. The van der Waals surface area contributed by atoms with Crippen molar-refractivity contribution < 1.29 is 18.5 Å². The zero-order valence-electron chi connectivity index (χ0n) is 9.95. The SMILES string of the molecule is O=c1[nH]c(=O)c2cc(C3=CCOP(=O)(O)O3)ccc2[nH]1. The maximum absolute atomic E-state index is 11.7. The lowest BCUT2D eigenvalue weighted by Gasteiger charge is -2.19. The van der Waals surface area contributed by atoms with Crippen LogP contribution < -0.4 is 11.2 Å². The molecule has 1 unspecified atom stereocenters. The van der Waals surface area contributed by atoms with Crippen molar-refractivity contribution in [2.75, 3.05) is 6.61 Å². The van der Waals surface area contributed by atoms with E-state index in [1.54, 1.807) is 6.07 Å². The average molecular weight is 296 g/mol. The monoisotopic (exact) mass is 296 g/mol. The molecule has 0 saturated carbocycles. The number of phosphoric ester groups is 1. The molecule has 20 heavy (non-hydrogen) atoms. The number of phosphoric acid groups is 1. The Morgan fingerprint density at radius 1 is 1.25 bits per heavy atom. The van der Waals surface area contributed by atoms with Crippen molar-refractivity contribution in [3.05, 3.63) is 50.7 Å². The van der Waals surface area contributed by atoms with Crippen LogP contribution in [0.15, 0.2) is 33.9 Å². The summed E-state index contributed by atoms with van der Waals surface area (Å²) in [5.74, 6) is 0.148. The van der Waals surface area contributed by atoms with Crippen LogP contribution in [-0.4, -0.2) is 21.5 Å². The molecule has 2 heterocycles. The molecule has 8 nitrogen and oxygen atoms in total. The molecule has 3 N–H and O–H groups in total. The summed E-state index contributed by atoms with van der Waals surface area (Å²) < 4.78 is 20.7. The lowest BCUT2D eigenvalue weighted by Crippen LogP contribution is -2.21. The second kappa shape index (κ2) is 4.45. The minimum atomic E-state index is -4.10. The van der Waals surface area contributed by atoms with Gasteiger partial charge in [-0.15, -0.1) is 0 Å². The first-order valence-electron chi connectivity index (χ1n) is 5.58. The Hall–Kier alpha value is -2.15. The quantitative estimate of drug-likeness (QED) is 0.666. The summed E-state index contributed by atoms with van der Waals surface area (Å²) in [5, 5.41) is 0.242.